The van der Waals surface area contributed by atoms with Crippen LogP contribution in [0.1, 0.15) is 75.3 Å². The lowest BCUT2D eigenvalue weighted by molar-refractivity contribution is -0.124. The summed E-state index contributed by atoms with van der Waals surface area (Å²) in [5.74, 6) is 0.905. The first-order chi connectivity index (χ1) is 17.6. The highest BCUT2D eigenvalue weighted by Gasteiger charge is 2.39. The molecule has 1 saturated heterocycles. The number of ether oxygens (including phenoxy) is 1. The number of amidine groups is 1. The minimum atomic E-state index is 0.119. The number of amides is 1. The first-order valence-electron chi connectivity index (χ1n) is 13.0. The van der Waals surface area contributed by atoms with Crippen LogP contribution in [0.15, 0.2) is 61.3 Å². The van der Waals surface area contributed by atoms with Crippen LogP contribution in [0.25, 0.3) is 6.08 Å². The number of rotatable bonds is 6. The van der Waals surface area contributed by atoms with Crippen molar-refractivity contribution in [1.82, 2.24) is 4.90 Å². The molecule has 36 heavy (non-hydrogen) atoms. The molecule has 0 bridgehead atoms. The van der Waals surface area contributed by atoms with Crippen LogP contribution in [0, 0.1) is 0 Å². The van der Waals surface area contributed by atoms with Crippen LogP contribution in [0.5, 0.6) is 5.75 Å². The molecule has 0 radical (unpaired) electrons. The average molecular weight is 632 g/mol. The predicted molar refractivity (Wildman–Crippen MR) is 156 cm³/mol. The third-order valence-corrected chi connectivity index (χ3v) is 9.35. The summed E-state index contributed by atoms with van der Waals surface area (Å²) < 4.78 is 7.96. The van der Waals surface area contributed by atoms with Gasteiger partial charge in [-0.1, -0.05) is 72.7 Å². The van der Waals surface area contributed by atoms with Crippen LogP contribution in [-0.4, -0.2) is 28.1 Å². The van der Waals surface area contributed by atoms with E-state index in [1.54, 1.807) is 11.8 Å². The molecule has 0 atom stereocenters. The van der Waals surface area contributed by atoms with Crippen molar-refractivity contribution in [3.05, 3.63) is 67.4 Å². The Morgan fingerprint density at radius 3 is 2.33 bits per heavy atom. The summed E-state index contributed by atoms with van der Waals surface area (Å²) in [5, 5.41) is 0.929. The van der Waals surface area contributed by atoms with Crippen molar-refractivity contribution in [2.45, 2.75) is 82.9 Å². The maximum absolute atomic E-state index is 13.6. The van der Waals surface area contributed by atoms with Crippen molar-refractivity contribution in [1.29, 1.82) is 0 Å². The number of thioether (sulfide) groups is 1. The molecular weight excluding hydrogens is 600 g/mol. The molecule has 3 aliphatic rings. The van der Waals surface area contributed by atoms with Gasteiger partial charge >= 0.3 is 0 Å². The van der Waals surface area contributed by atoms with Crippen LogP contribution in [0.4, 0.5) is 0 Å². The van der Waals surface area contributed by atoms with E-state index in [1.165, 1.54) is 38.5 Å². The predicted octanol–water partition coefficient (Wildman–Crippen LogP) is 8.73. The third kappa shape index (κ3) is 6.46. The molecule has 0 N–H and O–H groups in total. The summed E-state index contributed by atoms with van der Waals surface area (Å²) in [5.41, 5.74) is 2.09. The fourth-order valence-corrected chi connectivity index (χ4v) is 7.11. The van der Waals surface area contributed by atoms with Gasteiger partial charge in [-0.05, 0) is 94.8 Å². The monoisotopic (exact) mass is 630 g/mol. The van der Waals surface area contributed by atoms with Crippen LogP contribution in [0.2, 0.25) is 0 Å². The van der Waals surface area contributed by atoms with Gasteiger partial charge in [-0.25, -0.2) is 0 Å². The van der Waals surface area contributed by atoms with Gasteiger partial charge in [0.2, 0.25) is 0 Å². The Labute approximate surface area is 235 Å². The van der Waals surface area contributed by atoms with Gasteiger partial charge in [0.1, 0.15) is 12.4 Å². The summed E-state index contributed by atoms with van der Waals surface area (Å²) in [7, 11) is 0. The highest BCUT2D eigenvalue weighted by atomic mass is 79.9. The van der Waals surface area contributed by atoms with E-state index in [2.05, 4.69) is 31.9 Å². The number of carbonyl (C=O) groups excluding carboxylic acids is 1. The standard InChI is InChI=1S/C29H32Br2N2O2S/c30-22-14-11-20(12-15-22)19-35-26-16-13-21(17-25(26)31)18-27-28(34)33(24-9-5-2-6-10-24)29(36-27)32-23-7-3-1-4-8-23/h11-18,23-24H,1-10,19H2. The molecule has 5 rings (SSSR count). The Hall–Kier alpha value is -1.57. The van der Waals surface area contributed by atoms with Crippen molar-refractivity contribution in [3.8, 4) is 5.75 Å². The molecule has 190 valence electrons. The number of benzene rings is 2. The maximum atomic E-state index is 13.6. The summed E-state index contributed by atoms with van der Waals surface area (Å²) in [6.07, 6.45) is 13.9. The number of aliphatic imine (C=N–C) groups is 1. The van der Waals surface area contributed by atoms with Crippen molar-refractivity contribution in [2.75, 3.05) is 0 Å². The zero-order valence-electron chi connectivity index (χ0n) is 20.4. The number of nitrogens with zero attached hydrogens (tertiary/aromatic N) is 2. The molecule has 1 heterocycles. The second kappa shape index (κ2) is 12.3. The fourth-order valence-electron chi connectivity index (χ4n) is 5.22. The van der Waals surface area contributed by atoms with Crippen molar-refractivity contribution in [3.63, 3.8) is 0 Å². The molecule has 2 aliphatic carbocycles. The zero-order valence-corrected chi connectivity index (χ0v) is 24.4. The average Bonchev–Trinajstić information content (AvgIpc) is 3.19. The van der Waals surface area contributed by atoms with Crippen LogP contribution >= 0.6 is 43.6 Å². The van der Waals surface area contributed by atoms with Gasteiger partial charge in [0, 0.05) is 10.5 Å². The quantitative estimate of drug-likeness (QED) is 0.299. The molecule has 0 spiro atoms. The Bertz CT molecular complexity index is 1140. The van der Waals surface area contributed by atoms with E-state index >= 15 is 0 Å². The molecule has 2 aromatic rings. The van der Waals surface area contributed by atoms with Gasteiger partial charge in [0.15, 0.2) is 5.17 Å². The van der Waals surface area contributed by atoms with Gasteiger partial charge < -0.3 is 4.74 Å². The van der Waals surface area contributed by atoms with E-state index < -0.39 is 0 Å². The van der Waals surface area contributed by atoms with Gasteiger partial charge in [-0.2, -0.15) is 0 Å². The number of halogens is 2. The normalized spacial score (nSPS) is 22.1. The number of hydrogen-bond donors (Lipinski definition) is 0. The van der Waals surface area contributed by atoms with Crippen LogP contribution in [0.3, 0.4) is 0 Å². The largest absolute Gasteiger partial charge is 0.488 e. The summed E-state index contributed by atoms with van der Waals surface area (Å²) in [6, 6.07) is 14.8. The minimum absolute atomic E-state index is 0.119. The van der Waals surface area contributed by atoms with E-state index in [4.69, 9.17) is 9.73 Å². The van der Waals surface area contributed by atoms with Gasteiger partial charge in [-0.15, -0.1) is 0 Å². The first kappa shape index (κ1) is 26.1. The lowest BCUT2D eigenvalue weighted by Gasteiger charge is -2.31. The maximum Gasteiger partial charge on any atom is 0.266 e. The molecule has 0 unspecified atom stereocenters. The van der Waals surface area contributed by atoms with E-state index in [9.17, 15) is 4.79 Å². The fraction of sp³-hybridized carbons (Fsp3) is 0.448. The minimum Gasteiger partial charge on any atom is -0.488 e. The van der Waals surface area contributed by atoms with Gasteiger partial charge in [0.25, 0.3) is 5.91 Å². The topological polar surface area (TPSA) is 41.9 Å². The highest BCUT2D eigenvalue weighted by molar-refractivity contribution is 9.10. The van der Waals surface area contributed by atoms with Crippen molar-refractivity contribution in [2.24, 2.45) is 4.99 Å². The molecule has 0 aromatic heterocycles. The molecule has 3 fully saturated rings. The highest BCUT2D eigenvalue weighted by Crippen LogP contribution is 2.39. The van der Waals surface area contributed by atoms with E-state index in [0.29, 0.717) is 12.6 Å². The van der Waals surface area contributed by atoms with E-state index in [0.717, 1.165) is 61.6 Å². The Kier molecular flexibility index (Phi) is 8.91. The molecule has 2 aromatic carbocycles. The number of carbonyl (C=O) groups is 1. The third-order valence-electron chi connectivity index (χ3n) is 7.21. The lowest BCUT2D eigenvalue weighted by atomic mass is 9.94. The smallest absolute Gasteiger partial charge is 0.266 e. The van der Waals surface area contributed by atoms with Crippen molar-refractivity contribution >= 4 is 60.8 Å². The zero-order chi connectivity index (χ0) is 24.9. The summed E-state index contributed by atoms with van der Waals surface area (Å²) in [6.45, 7) is 0.498. The number of hydrogen-bond acceptors (Lipinski definition) is 4. The Morgan fingerprint density at radius 2 is 1.64 bits per heavy atom. The molecule has 7 heteroatoms. The molecule has 4 nitrogen and oxygen atoms in total. The second-order valence-electron chi connectivity index (χ2n) is 9.89. The van der Waals surface area contributed by atoms with Crippen molar-refractivity contribution < 1.29 is 9.53 Å². The van der Waals surface area contributed by atoms with E-state index in [-0.39, 0.29) is 11.9 Å². The van der Waals surface area contributed by atoms with E-state index in [1.807, 2.05) is 53.4 Å². The lowest BCUT2D eigenvalue weighted by Crippen LogP contribution is -2.41. The second-order valence-corrected chi connectivity index (χ2v) is 12.7. The Morgan fingerprint density at radius 1 is 0.944 bits per heavy atom. The molecule has 1 amide bonds. The molecule has 2 saturated carbocycles. The molecular formula is C29H32Br2N2O2S. The SMILES string of the molecule is O=C1C(=Cc2ccc(OCc3ccc(Br)cc3)c(Br)c2)SC(=NC2CCCCC2)N1C1CCCCC1. The van der Waals surface area contributed by atoms with Crippen LogP contribution in [-0.2, 0) is 11.4 Å². The van der Waals surface area contributed by atoms with Gasteiger partial charge in [-0.3, -0.25) is 14.7 Å². The first-order valence-corrected chi connectivity index (χ1v) is 15.4. The van der Waals surface area contributed by atoms with Gasteiger partial charge in [0.05, 0.1) is 15.4 Å². The van der Waals surface area contributed by atoms with Crippen LogP contribution < -0.4 is 4.74 Å². The molecule has 1 aliphatic heterocycles. The summed E-state index contributed by atoms with van der Waals surface area (Å²) in [4.78, 5) is 21.6. The Balaban J connectivity index is 1.33. The summed E-state index contributed by atoms with van der Waals surface area (Å²) >= 11 is 8.69.